The highest BCUT2D eigenvalue weighted by Crippen LogP contribution is 2.26. The second kappa shape index (κ2) is 3.55. The first-order valence-corrected chi connectivity index (χ1v) is 4.96. The van der Waals surface area contributed by atoms with Crippen LogP contribution in [0.5, 0.6) is 0 Å². The van der Waals surface area contributed by atoms with E-state index in [1.54, 1.807) is 12.1 Å². The van der Waals surface area contributed by atoms with Crippen molar-refractivity contribution in [1.29, 1.82) is 0 Å². The molecule has 2 aromatic heterocycles. The van der Waals surface area contributed by atoms with Crippen LogP contribution in [0.25, 0.3) is 22.4 Å². The van der Waals surface area contributed by atoms with Crippen molar-refractivity contribution in [2.45, 2.75) is 0 Å². The van der Waals surface area contributed by atoms with Gasteiger partial charge in [-0.1, -0.05) is 0 Å². The zero-order valence-corrected chi connectivity index (χ0v) is 8.61. The Hall–Kier alpha value is -2.43. The third-order valence-corrected chi connectivity index (χ3v) is 2.41. The maximum absolute atomic E-state index is 13.0. The van der Waals surface area contributed by atoms with E-state index in [-0.39, 0.29) is 11.4 Å². The molecule has 0 aliphatic carbocycles. The molecule has 0 spiro atoms. The largest absolute Gasteiger partial charge is 0.454 e. The van der Waals surface area contributed by atoms with Crippen LogP contribution in [0.3, 0.4) is 0 Å². The van der Waals surface area contributed by atoms with E-state index in [9.17, 15) is 9.18 Å². The molecule has 0 bridgehead atoms. The van der Waals surface area contributed by atoms with Gasteiger partial charge in [-0.2, -0.15) is 0 Å². The van der Waals surface area contributed by atoms with Gasteiger partial charge in [0.05, 0.1) is 6.33 Å². The van der Waals surface area contributed by atoms with E-state index in [1.165, 1.54) is 24.5 Å². The minimum Gasteiger partial charge on any atom is -0.454 e. The summed E-state index contributed by atoms with van der Waals surface area (Å²) >= 11 is 0. The van der Waals surface area contributed by atoms with Crippen LogP contribution in [0.2, 0.25) is 0 Å². The van der Waals surface area contributed by atoms with E-state index in [0.29, 0.717) is 22.4 Å². The quantitative estimate of drug-likeness (QED) is 0.697. The van der Waals surface area contributed by atoms with Crippen LogP contribution in [-0.2, 0) is 0 Å². The van der Waals surface area contributed by atoms with Crippen molar-refractivity contribution >= 4 is 11.0 Å². The second-order valence-electron chi connectivity index (χ2n) is 3.59. The van der Waals surface area contributed by atoms with E-state index in [0.717, 1.165) is 0 Å². The molecule has 1 aromatic carbocycles. The Morgan fingerprint density at radius 3 is 2.94 bits per heavy atom. The standard InChI is InChI=1S/C12H7FN2O2/c13-8-1-2-10-7(3-8)4-11(17-10)9-5-12(16)15-6-14-9/h1-6H,(H,14,15,16). The molecule has 3 aromatic rings. The van der Waals surface area contributed by atoms with Gasteiger partial charge < -0.3 is 9.40 Å². The molecule has 4 nitrogen and oxygen atoms in total. The zero-order chi connectivity index (χ0) is 11.8. The topological polar surface area (TPSA) is 58.9 Å². The molecule has 0 fully saturated rings. The fourth-order valence-electron chi connectivity index (χ4n) is 1.64. The van der Waals surface area contributed by atoms with Crippen LogP contribution in [0.15, 0.2) is 45.9 Å². The van der Waals surface area contributed by atoms with Gasteiger partial charge in [0.1, 0.15) is 17.1 Å². The Balaban J connectivity index is 2.21. The SMILES string of the molecule is O=c1cc(-c2cc3cc(F)ccc3o2)nc[nH]1. The third-order valence-electron chi connectivity index (χ3n) is 2.41. The summed E-state index contributed by atoms with van der Waals surface area (Å²) in [5, 5.41) is 0.641. The van der Waals surface area contributed by atoms with Crippen molar-refractivity contribution in [1.82, 2.24) is 9.97 Å². The number of rotatable bonds is 1. The molecule has 5 heteroatoms. The number of aromatic amines is 1. The lowest BCUT2D eigenvalue weighted by Crippen LogP contribution is -2.03. The molecule has 3 rings (SSSR count). The van der Waals surface area contributed by atoms with Gasteiger partial charge in [-0.15, -0.1) is 0 Å². The van der Waals surface area contributed by atoms with Crippen LogP contribution in [0.4, 0.5) is 4.39 Å². The Morgan fingerprint density at radius 1 is 1.24 bits per heavy atom. The Labute approximate surface area is 94.7 Å². The van der Waals surface area contributed by atoms with Crippen molar-refractivity contribution in [3.8, 4) is 11.5 Å². The van der Waals surface area contributed by atoms with E-state index >= 15 is 0 Å². The number of fused-ring (bicyclic) bond motifs is 1. The first-order valence-electron chi connectivity index (χ1n) is 4.96. The number of halogens is 1. The molecule has 0 atom stereocenters. The van der Waals surface area contributed by atoms with Gasteiger partial charge in [0.2, 0.25) is 0 Å². The monoisotopic (exact) mass is 230 g/mol. The highest BCUT2D eigenvalue weighted by Gasteiger charge is 2.08. The van der Waals surface area contributed by atoms with Crippen molar-refractivity contribution in [2.75, 3.05) is 0 Å². The van der Waals surface area contributed by atoms with Crippen molar-refractivity contribution in [3.05, 3.63) is 52.8 Å². The number of aromatic nitrogens is 2. The minimum atomic E-state index is -0.330. The highest BCUT2D eigenvalue weighted by molar-refractivity contribution is 5.82. The van der Waals surface area contributed by atoms with Gasteiger partial charge in [-0.3, -0.25) is 4.79 Å². The lowest BCUT2D eigenvalue weighted by Gasteiger charge is -1.92. The van der Waals surface area contributed by atoms with Gasteiger partial charge >= 0.3 is 0 Å². The second-order valence-corrected chi connectivity index (χ2v) is 3.59. The summed E-state index contributed by atoms with van der Waals surface area (Å²) in [6.45, 7) is 0. The third kappa shape index (κ3) is 1.71. The molecule has 0 radical (unpaired) electrons. The Bertz CT molecular complexity index is 745. The summed E-state index contributed by atoms with van der Waals surface area (Å²) in [5.74, 6) is 0.111. The lowest BCUT2D eigenvalue weighted by atomic mass is 10.2. The smallest absolute Gasteiger partial charge is 0.251 e. The molecular weight excluding hydrogens is 223 g/mol. The number of benzene rings is 1. The minimum absolute atomic E-state index is 0.262. The number of hydrogen-bond acceptors (Lipinski definition) is 3. The molecule has 2 heterocycles. The molecule has 0 aliphatic rings. The van der Waals surface area contributed by atoms with Gasteiger partial charge in [-0.25, -0.2) is 9.37 Å². The molecule has 1 N–H and O–H groups in total. The maximum Gasteiger partial charge on any atom is 0.251 e. The Kier molecular flexibility index (Phi) is 2.04. The van der Waals surface area contributed by atoms with E-state index < -0.39 is 0 Å². The first-order chi connectivity index (χ1) is 8.22. The van der Waals surface area contributed by atoms with Gasteiger partial charge in [0, 0.05) is 11.5 Å². The van der Waals surface area contributed by atoms with Crippen LogP contribution in [0, 0.1) is 5.82 Å². The lowest BCUT2D eigenvalue weighted by molar-refractivity contribution is 0.617. The van der Waals surface area contributed by atoms with Gasteiger partial charge in [0.25, 0.3) is 5.56 Å². The van der Waals surface area contributed by atoms with Gasteiger partial charge in [0.15, 0.2) is 5.76 Å². The summed E-state index contributed by atoms with van der Waals surface area (Å²) < 4.78 is 18.5. The molecule has 0 saturated carbocycles. The zero-order valence-electron chi connectivity index (χ0n) is 8.61. The fraction of sp³-hybridized carbons (Fsp3) is 0. The van der Waals surface area contributed by atoms with E-state index in [1.807, 2.05) is 0 Å². The molecule has 17 heavy (non-hydrogen) atoms. The van der Waals surface area contributed by atoms with Crippen molar-refractivity contribution < 1.29 is 8.81 Å². The van der Waals surface area contributed by atoms with Crippen LogP contribution in [0.1, 0.15) is 0 Å². The van der Waals surface area contributed by atoms with E-state index in [4.69, 9.17) is 4.42 Å². The van der Waals surface area contributed by atoms with Crippen LogP contribution >= 0.6 is 0 Å². The van der Waals surface area contributed by atoms with Crippen molar-refractivity contribution in [3.63, 3.8) is 0 Å². The van der Waals surface area contributed by atoms with Crippen LogP contribution in [-0.4, -0.2) is 9.97 Å². The average Bonchev–Trinajstić information content (AvgIpc) is 2.72. The molecule has 0 unspecified atom stereocenters. The van der Waals surface area contributed by atoms with Gasteiger partial charge in [-0.05, 0) is 24.3 Å². The summed E-state index contributed by atoms with van der Waals surface area (Å²) in [6, 6.07) is 7.21. The predicted molar refractivity (Wildman–Crippen MR) is 60.0 cm³/mol. The highest BCUT2D eigenvalue weighted by atomic mass is 19.1. The predicted octanol–water partition coefficient (Wildman–Crippen LogP) is 2.32. The average molecular weight is 230 g/mol. The fourth-order valence-corrected chi connectivity index (χ4v) is 1.64. The number of furan rings is 1. The number of hydrogen-bond donors (Lipinski definition) is 1. The molecule has 0 amide bonds. The first kappa shape index (κ1) is 9.77. The molecule has 0 aliphatic heterocycles. The number of H-pyrrole nitrogens is 1. The van der Waals surface area contributed by atoms with Crippen LogP contribution < -0.4 is 5.56 Å². The molecule has 0 saturated heterocycles. The van der Waals surface area contributed by atoms with E-state index in [2.05, 4.69) is 9.97 Å². The number of nitrogens with one attached hydrogen (secondary N) is 1. The van der Waals surface area contributed by atoms with Crippen molar-refractivity contribution in [2.24, 2.45) is 0 Å². The molecular formula is C12H7FN2O2. The Morgan fingerprint density at radius 2 is 2.12 bits per heavy atom. The summed E-state index contributed by atoms with van der Waals surface area (Å²) in [4.78, 5) is 17.5. The summed E-state index contributed by atoms with van der Waals surface area (Å²) in [6.07, 6.45) is 1.30. The molecule has 84 valence electrons. The number of nitrogens with zero attached hydrogens (tertiary/aromatic N) is 1. The summed E-state index contributed by atoms with van der Waals surface area (Å²) in [5.41, 5.74) is 0.718. The summed E-state index contributed by atoms with van der Waals surface area (Å²) in [7, 11) is 0. The normalized spacial score (nSPS) is 10.9. The maximum atomic E-state index is 13.0.